The van der Waals surface area contributed by atoms with E-state index in [2.05, 4.69) is 82.3 Å². The Morgan fingerprint density at radius 2 is 1.14 bits per heavy atom. The number of ether oxygens (including phenoxy) is 1. The highest BCUT2D eigenvalue weighted by Gasteiger charge is 2.17. The lowest BCUT2D eigenvalue weighted by Gasteiger charge is -2.20. The van der Waals surface area contributed by atoms with Crippen LogP contribution in [-0.4, -0.2) is 5.97 Å². The number of esters is 1. The van der Waals surface area contributed by atoms with Crippen LogP contribution in [0.2, 0.25) is 0 Å². The molecule has 0 amide bonds. The van der Waals surface area contributed by atoms with E-state index in [1.165, 1.54) is 22.3 Å². The van der Waals surface area contributed by atoms with E-state index >= 15 is 0 Å². The number of hydrogen-bond acceptors (Lipinski definition) is 2. The highest BCUT2D eigenvalue weighted by Crippen LogP contribution is 2.30. The Morgan fingerprint density at radius 1 is 0.595 bits per heavy atom. The van der Waals surface area contributed by atoms with Crippen LogP contribution in [0.15, 0.2) is 103 Å². The first-order valence-electron chi connectivity index (χ1n) is 13.4. The Bertz CT molecular complexity index is 1220. The van der Waals surface area contributed by atoms with Gasteiger partial charge >= 0.3 is 5.97 Å². The number of hydrogen-bond donors (Lipinski definition) is 0. The maximum atomic E-state index is 12.8. The number of rotatable bonds is 10. The van der Waals surface area contributed by atoms with E-state index in [1.807, 2.05) is 36.4 Å². The molecule has 0 aliphatic rings. The van der Waals surface area contributed by atoms with Crippen molar-refractivity contribution in [2.45, 2.75) is 52.9 Å². The third-order valence-corrected chi connectivity index (χ3v) is 6.61. The molecule has 0 N–H and O–H groups in total. The molecular formula is C35H38O2. The van der Waals surface area contributed by atoms with Crippen molar-refractivity contribution in [1.82, 2.24) is 0 Å². The van der Waals surface area contributed by atoms with E-state index in [0.717, 1.165) is 24.8 Å². The first kappa shape index (κ1) is 26.4. The van der Waals surface area contributed by atoms with Crippen LogP contribution in [0.4, 0.5) is 0 Å². The quantitative estimate of drug-likeness (QED) is 0.164. The van der Waals surface area contributed by atoms with E-state index in [1.54, 1.807) is 12.1 Å². The Morgan fingerprint density at radius 3 is 1.65 bits per heavy atom. The van der Waals surface area contributed by atoms with Gasteiger partial charge in [-0.2, -0.15) is 0 Å². The van der Waals surface area contributed by atoms with E-state index < -0.39 is 0 Å². The van der Waals surface area contributed by atoms with E-state index in [4.69, 9.17) is 4.74 Å². The van der Waals surface area contributed by atoms with Crippen molar-refractivity contribution < 1.29 is 9.53 Å². The van der Waals surface area contributed by atoms with Crippen LogP contribution in [-0.2, 0) is 19.3 Å². The van der Waals surface area contributed by atoms with Gasteiger partial charge in [-0.25, -0.2) is 4.79 Å². The summed E-state index contributed by atoms with van der Waals surface area (Å²) in [4.78, 5) is 12.8. The van der Waals surface area contributed by atoms with Crippen LogP contribution in [0, 0.1) is 11.8 Å². The van der Waals surface area contributed by atoms with Gasteiger partial charge in [-0.05, 0) is 83.2 Å². The standard InChI is InChI=1S/C35H38O2/c1-25(2)21-27-13-17-30(18-14-27)34(31-19-15-28(16-20-31)22-26(3)4)24-29-9-8-10-32(23-29)35(36)37-33-11-6-5-7-12-33/h5-20,23,25-26,34H,21-22,24H2,1-4H3. The minimum atomic E-state index is -0.333. The zero-order valence-electron chi connectivity index (χ0n) is 22.5. The smallest absolute Gasteiger partial charge is 0.343 e. The lowest BCUT2D eigenvalue weighted by Crippen LogP contribution is -2.10. The van der Waals surface area contributed by atoms with Gasteiger partial charge in [0.25, 0.3) is 0 Å². The third kappa shape index (κ3) is 7.67. The van der Waals surface area contributed by atoms with E-state index in [-0.39, 0.29) is 11.9 Å². The number of para-hydroxylation sites is 1. The molecule has 2 nitrogen and oxygen atoms in total. The van der Waals surface area contributed by atoms with Gasteiger partial charge in [0.15, 0.2) is 0 Å². The van der Waals surface area contributed by atoms with Crippen LogP contribution in [0.25, 0.3) is 0 Å². The SMILES string of the molecule is CC(C)Cc1ccc(C(Cc2cccc(C(=O)Oc3ccccc3)c2)c2ccc(CC(C)C)cc2)cc1. The van der Waals surface area contributed by atoms with Crippen LogP contribution in [0.5, 0.6) is 5.75 Å². The molecule has 0 aromatic heterocycles. The number of carbonyl (C=O) groups is 1. The van der Waals surface area contributed by atoms with Gasteiger partial charge in [0.2, 0.25) is 0 Å². The maximum Gasteiger partial charge on any atom is 0.343 e. The highest BCUT2D eigenvalue weighted by atomic mass is 16.5. The molecule has 0 aliphatic heterocycles. The van der Waals surface area contributed by atoms with Gasteiger partial charge < -0.3 is 4.74 Å². The minimum Gasteiger partial charge on any atom is -0.423 e. The Hall–Kier alpha value is -3.65. The average Bonchev–Trinajstić information content (AvgIpc) is 2.88. The second-order valence-electron chi connectivity index (χ2n) is 10.8. The number of benzene rings is 4. The summed E-state index contributed by atoms with van der Waals surface area (Å²) in [5.41, 5.74) is 7.01. The fraction of sp³-hybridized carbons (Fsp3) is 0.286. The fourth-order valence-electron chi connectivity index (χ4n) is 4.86. The van der Waals surface area contributed by atoms with Crippen LogP contribution in [0.3, 0.4) is 0 Å². The molecule has 0 saturated carbocycles. The molecule has 0 saturated heterocycles. The van der Waals surface area contributed by atoms with Gasteiger partial charge in [-0.1, -0.05) is 107 Å². The van der Waals surface area contributed by atoms with Gasteiger partial charge in [0.05, 0.1) is 5.56 Å². The van der Waals surface area contributed by atoms with Crippen molar-refractivity contribution in [2.24, 2.45) is 11.8 Å². The molecule has 4 aromatic carbocycles. The molecule has 0 unspecified atom stereocenters. The molecule has 0 atom stereocenters. The molecule has 4 rings (SSSR count). The first-order chi connectivity index (χ1) is 17.9. The van der Waals surface area contributed by atoms with E-state index in [0.29, 0.717) is 23.1 Å². The predicted octanol–water partition coefficient (Wildman–Crippen LogP) is 8.68. The molecule has 37 heavy (non-hydrogen) atoms. The lowest BCUT2D eigenvalue weighted by molar-refractivity contribution is 0.0734. The molecule has 0 aliphatic carbocycles. The summed E-state index contributed by atoms with van der Waals surface area (Å²) in [5, 5.41) is 0. The molecule has 0 heterocycles. The predicted molar refractivity (Wildman–Crippen MR) is 153 cm³/mol. The normalized spacial score (nSPS) is 11.3. The molecule has 0 bridgehead atoms. The van der Waals surface area contributed by atoms with E-state index in [9.17, 15) is 4.79 Å². The van der Waals surface area contributed by atoms with Crippen LogP contribution >= 0.6 is 0 Å². The zero-order valence-corrected chi connectivity index (χ0v) is 22.5. The maximum absolute atomic E-state index is 12.8. The molecule has 2 heteroatoms. The monoisotopic (exact) mass is 490 g/mol. The van der Waals surface area contributed by atoms with Crippen molar-refractivity contribution in [3.63, 3.8) is 0 Å². The Labute approximate surface area is 222 Å². The summed E-state index contributed by atoms with van der Waals surface area (Å²) < 4.78 is 5.58. The van der Waals surface area contributed by atoms with Crippen molar-refractivity contribution >= 4 is 5.97 Å². The summed E-state index contributed by atoms with van der Waals surface area (Å²) in [6, 6.07) is 35.2. The fourth-order valence-corrected chi connectivity index (χ4v) is 4.86. The van der Waals surface area contributed by atoms with Gasteiger partial charge in [0, 0.05) is 5.92 Å². The second-order valence-corrected chi connectivity index (χ2v) is 10.8. The zero-order chi connectivity index (χ0) is 26.2. The van der Waals surface area contributed by atoms with Crippen molar-refractivity contribution in [2.75, 3.05) is 0 Å². The largest absolute Gasteiger partial charge is 0.423 e. The summed E-state index contributed by atoms with van der Waals surface area (Å²) in [5.74, 6) is 1.68. The molecule has 0 spiro atoms. The second kappa shape index (κ2) is 12.5. The first-order valence-corrected chi connectivity index (χ1v) is 13.4. The molecule has 190 valence electrons. The highest BCUT2D eigenvalue weighted by molar-refractivity contribution is 5.91. The number of carbonyl (C=O) groups excluding carboxylic acids is 1. The minimum absolute atomic E-state index is 0.196. The summed E-state index contributed by atoms with van der Waals surface area (Å²) >= 11 is 0. The summed E-state index contributed by atoms with van der Waals surface area (Å²) in [7, 11) is 0. The Balaban J connectivity index is 1.60. The van der Waals surface area contributed by atoms with Crippen molar-refractivity contribution in [3.8, 4) is 5.75 Å². The van der Waals surface area contributed by atoms with Crippen molar-refractivity contribution in [1.29, 1.82) is 0 Å². The average molecular weight is 491 g/mol. The van der Waals surface area contributed by atoms with Crippen LogP contribution in [0.1, 0.15) is 71.8 Å². The topological polar surface area (TPSA) is 26.3 Å². The summed E-state index contributed by atoms with van der Waals surface area (Å²) in [6.45, 7) is 9.02. The molecule has 4 aromatic rings. The van der Waals surface area contributed by atoms with Gasteiger partial charge in [0.1, 0.15) is 5.75 Å². The molecule has 0 radical (unpaired) electrons. The molecule has 0 fully saturated rings. The lowest BCUT2D eigenvalue weighted by atomic mass is 9.84. The molecular weight excluding hydrogens is 452 g/mol. The third-order valence-electron chi connectivity index (χ3n) is 6.61. The summed E-state index contributed by atoms with van der Waals surface area (Å²) in [6.07, 6.45) is 2.97. The van der Waals surface area contributed by atoms with Gasteiger partial charge in [-0.15, -0.1) is 0 Å². The van der Waals surface area contributed by atoms with Crippen LogP contribution < -0.4 is 4.74 Å². The Kier molecular flexibility index (Phi) is 8.95. The van der Waals surface area contributed by atoms with Crippen molar-refractivity contribution in [3.05, 3.63) is 137 Å². The van der Waals surface area contributed by atoms with Gasteiger partial charge in [-0.3, -0.25) is 0 Å².